The Balaban J connectivity index is 2.98. The summed E-state index contributed by atoms with van der Waals surface area (Å²) in [7, 11) is 0. The molecule has 0 aliphatic rings. The summed E-state index contributed by atoms with van der Waals surface area (Å²) in [4.78, 5) is 0. The maximum absolute atomic E-state index is 13.3. The highest BCUT2D eigenvalue weighted by atomic mass is 19.3. The highest BCUT2D eigenvalue weighted by molar-refractivity contribution is 5.64. The van der Waals surface area contributed by atoms with Crippen LogP contribution in [0.25, 0.3) is 5.57 Å². The molecule has 0 aliphatic heterocycles. The fraction of sp³-hybridized carbons (Fsp3) is 0.333. The summed E-state index contributed by atoms with van der Waals surface area (Å²) >= 11 is 0. The molecule has 0 unspecified atom stereocenters. The predicted octanol–water partition coefficient (Wildman–Crippen LogP) is 2.22. The van der Waals surface area contributed by atoms with Gasteiger partial charge in [0.05, 0.1) is 0 Å². The van der Waals surface area contributed by atoms with E-state index in [9.17, 15) is 18.3 Å². The van der Waals surface area contributed by atoms with Crippen molar-refractivity contribution in [2.75, 3.05) is 6.61 Å². The quantitative estimate of drug-likeness (QED) is 0.855. The minimum atomic E-state index is -3.63. The van der Waals surface area contributed by atoms with Gasteiger partial charge in [0.25, 0.3) is 5.92 Å². The van der Waals surface area contributed by atoms with Crippen LogP contribution in [0.3, 0.4) is 0 Å². The third-order valence-electron chi connectivity index (χ3n) is 2.35. The molecule has 1 atom stereocenters. The fourth-order valence-corrected chi connectivity index (χ4v) is 1.32. The van der Waals surface area contributed by atoms with Gasteiger partial charge in [0.2, 0.25) is 0 Å². The number of benzene rings is 1. The van der Waals surface area contributed by atoms with Crippen molar-refractivity contribution in [3.05, 3.63) is 41.7 Å². The van der Waals surface area contributed by atoms with E-state index in [1.165, 1.54) is 25.1 Å². The number of rotatable bonds is 4. The summed E-state index contributed by atoms with van der Waals surface area (Å²) < 4.78 is 39.1. The third kappa shape index (κ3) is 3.31. The molecule has 1 aromatic carbocycles. The summed E-state index contributed by atoms with van der Waals surface area (Å²) in [6.07, 6.45) is -1.32. The Morgan fingerprint density at radius 1 is 1.41 bits per heavy atom. The molecule has 0 radical (unpaired) electrons. The first-order valence-electron chi connectivity index (χ1n) is 4.98. The third-order valence-corrected chi connectivity index (χ3v) is 2.35. The van der Waals surface area contributed by atoms with Crippen LogP contribution < -0.4 is 0 Å². The molecule has 0 saturated carbocycles. The Morgan fingerprint density at radius 3 is 2.53 bits per heavy atom. The van der Waals surface area contributed by atoms with Gasteiger partial charge in [-0.1, -0.05) is 18.2 Å². The van der Waals surface area contributed by atoms with E-state index in [-0.39, 0.29) is 11.1 Å². The van der Waals surface area contributed by atoms with Crippen LogP contribution >= 0.6 is 0 Å². The highest BCUT2D eigenvalue weighted by Crippen LogP contribution is 2.23. The van der Waals surface area contributed by atoms with Crippen LogP contribution in [0, 0.1) is 5.82 Å². The van der Waals surface area contributed by atoms with Crippen LogP contribution in [-0.4, -0.2) is 28.8 Å². The van der Waals surface area contributed by atoms with E-state index in [1.807, 2.05) is 0 Å². The zero-order valence-electron chi connectivity index (χ0n) is 9.20. The Bertz CT molecular complexity index is 416. The first-order valence-corrected chi connectivity index (χ1v) is 4.98. The van der Waals surface area contributed by atoms with Crippen LogP contribution in [0.2, 0.25) is 0 Å². The molecule has 17 heavy (non-hydrogen) atoms. The molecular formula is C12H13F3O2. The van der Waals surface area contributed by atoms with Crippen LogP contribution in [0.1, 0.15) is 12.5 Å². The summed E-state index contributed by atoms with van der Waals surface area (Å²) in [6, 6.07) is 5.66. The molecule has 0 aliphatic carbocycles. The van der Waals surface area contributed by atoms with Crippen molar-refractivity contribution in [3.8, 4) is 0 Å². The highest BCUT2D eigenvalue weighted by Gasteiger charge is 2.36. The molecule has 0 amide bonds. The number of aliphatic hydroxyl groups excluding tert-OH is 2. The van der Waals surface area contributed by atoms with Gasteiger partial charge < -0.3 is 10.2 Å². The van der Waals surface area contributed by atoms with Crippen LogP contribution in [-0.2, 0) is 0 Å². The monoisotopic (exact) mass is 246 g/mol. The lowest BCUT2D eigenvalue weighted by molar-refractivity contribution is -0.117. The van der Waals surface area contributed by atoms with Crippen LogP contribution in [0.4, 0.5) is 13.2 Å². The molecule has 94 valence electrons. The van der Waals surface area contributed by atoms with Gasteiger partial charge in [-0.25, -0.2) is 13.2 Å². The SMILES string of the molecule is C/C(=C\[C@H](O)C(F)(F)CO)c1ccccc1F. The molecule has 0 saturated heterocycles. The zero-order chi connectivity index (χ0) is 13.1. The van der Waals surface area contributed by atoms with Crippen LogP contribution in [0.5, 0.6) is 0 Å². The van der Waals surface area contributed by atoms with Crippen molar-refractivity contribution in [1.29, 1.82) is 0 Å². The minimum Gasteiger partial charge on any atom is -0.390 e. The molecule has 5 heteroatoms. The molecule has 0 bridgehead atoms. The van der Waals surface area contributed by atoms with E-state index in [0.717, 1.165) is 6.08 Å². The summed E-state index contributed by atoms with van der Waals surface area (Å²) in [6.45, 7) is -0.0513. The number of alkyl halides is 2. The number of hydrogen-bond donors (Lipinski definition) is 2. The van der Waals surface area contributed by atoms with Crippen LogP contribution in [0.15, 0.2) is 30.3 Å². The van der Waals surface area contributed by atoms with Crippen molar-refractivity contribution in [1.82, 2.24) is 0 Å². The second-order valence-electron chi connectivity index (χ2n) is 3.69. The van der Waals surface area contributed by atoms with E-state index in [1.54, 1.807) is 6.07 Å². The first-order chi connectivity index (χ1) is 7.88. The molecule has 0 heterocycles. The lowest BCUT2D eigenvalue weighted by atomic mass is 10.0. The fourth-order valence-electron chi connectivity index (χ4n) is 1.32. The second kappa shape index (κ2) is 5.33. The van der Waals surface area contributed by atoms with E-state index >= 15 is 0 Å². The van der Waals surface area contributed by atoms with E-state index in [2.05, 4.69) is 0 Å². The molecule has 0 fully saturated rings. The largest absolute Gasteiger partial charge is 0.390 e. The Hall–Kier alpha value is -1.33. The minimum absolute atomic E-state index is 0.139. The van der Waals surface area contributed by atoms with Gasteiger partial charge in [-0.15, -0.1) is 0 Å². The Morgan fingerprint density at radius 2 is 2.00 bits per heavy atom. The van der Waals surface area contributed by atoms with Gasteiger partial charge >= 0.3 is 0 Å². The first kappa shape index (κ1) is 13.7. The zero-order valence-corrected chi connectivity index (χ0v) is 9.20. The maximum Gasteiger partial charge on any atom is 0.299 e. The summed E-state index contributed by atoms with van der Waals surface area (Å²) in [5.74, 6) is -4.19. The van der Waals surface area contributed by atoms with Gasteiger partial charge in [0.15, 0.2) is 0 Å². The van der Waals surface area contributed by atoms with Gasteiger partial charge in [-0.2, -0.15) is 0 Å². The number of halogens is 3. The Labute approximate surface area is 97.0 Å². The van der Waals surface area contributed by atoms with Gasteiger partial charge in [0.1, 0.15) is 18.5 Å². The number of aliphatic hydroxyl groups is 2. The lowest BCUT2D eigenvalue weighted by Crippen LogP contribution is -2.35. The van der Waals surface area contributed by atoms with Gasteiger partial charge in [-0.3, -0.25) is 0 Å². The average Bonchev–Trinajstić information content (AvgIpc) is 2.29. The predicted molar refractivity (Wildman–Crippen MR) is 58.1 cm³/mol. The van der Waals surface area contributed by atoms with E-state index < -0.39 is 24.5 Å². The molecule has 0 aromatic heterocycles. The number of allylic oxidation sites excluding steroid dienone is 1. The van der Waals surface area contributed by atoms with Crippen molar-refractivity contribution < 1.29 is 23.4 Å². The summed E-state index contributed by atoms with van der Waals surface area (Å²) in [5.41, 5.74) is 0.323. The van der Waals surface area contributed by atoms with Gasteiger partial charge in [-0.05, 0) is 24.6 Å². The molecular weight excluding hydrogens is 233 g/mol. The van der Waals surface area contributed by atoms with Gasteiger partial charge in [0, 0.05) is 5.56 Å². The normalized spacial score (nSPS) is 14.8. The lowest BCUT2D eigenvalue weighted by Gasteiger charge is -2.18. The van der Waals surface area contributed by atoms with E-state index in [4.69, 9.17) is 5.11 Å². The standard InChI is InChI=1S/C12H13F3O2/c1-8(6-11(17)12(14,15)7-16)9-4-2-3-5-10(9)13/h2-6,11,16-17H,7H2,1H3/b8-6+/t11-/m0/s1. The molecule has 0 spiro atoms. The van der Waals surface area contributed by atoms with E-state index in [0.29, 0.717) is 0 Å². The van der Waals surface area contributed by atoms with Crippen molar-refractivity contribution in [3.63, 3.8) is 0 Å². The van der Waals surface area contributed by atoms with Crippen molar-refractivity contribution in [2.45, 2.75) is 19.0 Å². The van der Waals surface area contributed by atoms with Crippen molar-refractivity contribution in [2.24, 2.45) is 0 Å². The molecule has 1 rings (SSSR count). The van der Waals surface area contributed by atoms with Crippen molar-refractivity contribution >= 4 is 5.57 Å². The molecule has 2 N–H and O–H groups in total. The molecule has 1 aromatic rings. The second-order valence-corrected chi connectivity index (χ2v) is 3.69. The topological polar surface area (TPSA) is 40.5 Å². The smallest absolute Gasteiger partial charge is 0.299 e. The Kier molecular flexibility index (Phi) is 4.31. The maximum atomic E-state index is 13.3. The average molecular weight is 246 g/mol. The summed E-state index contributed by atoms with van der Waals surface area (Å²) in [5, 5.41) is 17.6. The molecule has 2 nitrogen and oxygen atoms in total. The number of hydrogen-bond acceptors (Lipinski definition) is 2.